The second-order valence-electron chi connectivity index (χ2n) is 3.00. The Morgan fingerprint density at radius 1 is 1.29 bits per heavy atom. The van der Waals surface area contributed by atoms with Crippen LogP contribution in [0.1, 0.15) is 26.3 Å². The van der Waals surface area contributed by atoms with Crippen LogP contribution < -0.4 is 5.32 Å². The molecule has 1 N–H and O–H groups in total. The van der Waals surface area contributed by atoms with E-state index in [1.165, 1.54) is 6.07 Å². The molecule has 0 saturated heterocycles. The molecule has 1 aromatic carbocycles. The fraction of sp³-hybridized carbons (Fsp3) is 0.333. The number of halogens is 1. The summed E-state index contributed by atoms with van der Waals surface area (Å²) in [7, 11) is 0. The third-order valence-electron chi connectivity index (χ3n) is 1.98. The van der Waals surface area contributed by atoms with Gasteiger partial charge in [0.05, 0.1) is 5.69 Å². The lowest BCUT2D eigenvalue weighted by Gasteiger charge is -2.18. The summed E-state index contributed by atoms with van der Waals surface area (Å²) in [5.74, 6) is -0.177. The van der Waals surface area contributed by atoms with E-state index >= 15 is 0 Å². The lowest BCUT2D eigenvalue weighted by Crippen LogP contribution is -2.16. The number of para-hydroxylation sites is 1. The summed E-state index contributed by atoms with van der Waals surface area (Å²) in [6, 6.07) is 5.30. The maximum Gasteiger partial charge on any atom is 0.146 e. The van der Waals surface area contributed by atoms with Gasteiger partial charge in [0.25, 0.3) is 0 Å². The summed E-state index contributed by atoms with van der Waals surface area (Å²) >= 11 is 0. The molecule has 1 nitrogen and oxygen atoms in total. The Morgan fingerprint density at radius 3 is 2.71 bits per heavy atom. The first-order valence-corrected chi connectivity index (χ1v) is 5.00. The van der Waals surface area contributed by atoms with Crippen LogP contribution in [-0.4, -0.2) is 6.04 Å². The minimum atomic E-state index is -0.177. The molecule has 1 atom stereocenters. The van der Waals surface area contributed by atoms with Crippen molar-refractivity contribution < 1.29 is 4.39 Å². The maximum absolute atomic E-state index is 13.1. The van der Waals surface area contributed by atoms with Crippen molar-refractivity contribution in [3.63, 3.8) is 0 Å². The van der Waals surface area contributed by atoms with Crippen LogP contribution in [0.15, 0.2) is 24.3 Å². The Labute approximate surface area is 84.6 Å². The average Bonchev–Trinajstić information content (AvgIpc) is 2.22. The van der Waals surface area contributed by atoms with Gasteiger partial charge in [-0.1, -0.05) is 38.1 Å². The van der Waals surface area contributed by atoms with Crippen LogP contribution >= 0.6 is 0 Å². The van der Waals surface area contributed by atoms with Gasteiger partial charge in [0.15, 0.2) is 0 Å². The molecule has 1 heterocycles. The molecule has 76 valence electrons. The topological polar surface area (TPSA) is 12.0 Å². The molecular weight excluding hydrogens is 177 g/mol. The molecule has 1 aromatic rings. The van der Waals surface area contributed by atoms with Crippen LogP contribution in [0.3, 0.4) is 0 Å². The first kappa shape index (κ1) is 10.8. The van der Waals surface area contributed by atoms with Crippen LogP contribution in [0.25, 0.3) is 6.08 Å². The second-order valence-corrected chi connectivity index (χ2v) is 3.00. The highest BCUT2D eigenvalue weighted by Gasteiger charge is 2.11. The highest BCUT2D eigenvalue weighted by molar-refractivity contribution is 5.71. The van der Waals surface area contributed by atoms with Gasteiger partial charge in [-0.25, -0.2) is 4.39 Å². The van der Waals surface area contributed by atoms with Gasteiger partial charge in [-0.15, -0.1) is 0 Å². The fourth-order valence-electron chi connectivity index (χ4n) is 1.36. The summed E-state index contributed by atoms with van der Waals surface area (Å²) < 4.78 is 13.1. The molecule has 0 radical (unpaired) electrons. The number of fused-ring (bicyclic) bond motifs is 1. The van der Waals surface area contributed by atoms with E-state index < -0.39 is 0 Å². The summed E-state index contributed by atoms with van der Waals surface area (Å²) in [4.78, 5) is 0. The summed E-state index contributed by atoms with van der Waals surface area (Å²) in [5, 5.41) is 3.07. The molecule has 14 heavy (non-hydrogen) atoms. The maximum atomic E-state index is 13.1. The highest BCUT2D eigenvalue weighted by atomic mass is 19.1. The zero-order valence-corrected chi connectivity index (χ0v) is 8.84. The number of benzene rings is 1. The van der Waals surface area contributed by atoms with Crippen LogP contribution in [0, 0.1) is 5.82 Å². The van der Waals surface area contributed by atoms with Crippen molar-refractivity contribution in [2.45, 2.75) is 26.8 Å². The third-order valence-corrected chi connectivity index (χ3v) is 1.98. The molecule has 2 rings (SSSR count). The van der Waals surface area contributed by atoms with E-state index in [0.717, 1.165) is 5.56 Å². The molecule has 1 aliphatic rings. The van der Waals surface area contributed by atoms with Crippen molar-refractivity contribution in [1.29, 1.82) is 0 Å². The minimum absolute atomic E-state index is 0.177. The number of hydrogen-bond acceptors (Lipinski definition) is 1. The van der Waals surface area contributed by atoms with Gasteiger partial charge >= 0.3 is 0 Å². The van der Waals surface area contributed by atoms with Crippen molar-refractivity contribution in [1.82, 2.24) is 0 Å². The smallest absolute Gasteiger partial charge is 0.146 e. The van der Waals surface area contributed by atoms with E-state index in [-0.39, 0.29) is 11.9 Å². The summed E-state index contributed by atoms with van der Waals surface area (Å²) in [6.07, 6.45) is 3.96. The Morgan fingerprint density at radius 2 is 2.00 bits per heavy atom. The molecule has 0 bridgehead atoms. The van der Waals surface area contributed by atoms with Gasteiger partial charge < -0.3 is 5.32 Å². The molecule has 0 aliphatic carbocycles. The zero-order chi connectivity index (χ0) is 10.6. The lowest BCUT2D eigenvalue weighted by atomic mass is 10.1. The van der Waals surface area contributed by atoms with Crippen LogP contribution in [0.2, 0.25) is 0 Å². The molecule has 0 spiro atoms. The second kappa shape index (κ2) is 4.80. The SMILES string of the molecule is CC.CC1C=Cc2cccc(F)c2N1. The van der Waals surface area contributed by atoms with E-state index in [0.29, 0.717) is 5.69 Å². The van der Waals surface area contributed by atoms with Gasteiger partial charge in [0.2, 0.25) is 0 Å². The molecule has 1 unspecified atom stereocenters. The van der Waals surface area contributed by atoms with Gasteiger partial charge in [-0.05, 0) is 13.0 Å². The minimum Gasteiger partial charge on any atom is -0.376 e. The van der Waals surface area contributed by atoms with E-state index in [1.54, 1.807) is 6.07 Å². The standard InChI is InChI=1S/C10H10FN.C2H6/c1-7-5-6-8-3-2-4-9(11)10(8)12-7;1-2/h2-7,12H,1H3;1-2H3. The molecule has 0 saturated carbocycles. The highest BCUT2D eigenvalue weighted by Crippen LogP contribution is 2.25. The fourth-order valence-corrected chi connectivity index (χ4v) is 1.36. The van der Waals surface area contributed by atoms with E-state index in [9.17, 15) is 4.39 Å². The van der Waals surface area contributed by atoms with Gasteiger partial charge in [-0.3, -0.25) is 0 Å². The molecular formula is C12H16FN. The molecule has 0 fully saturated rings. The van der Waals surface area contributed by atoms with Gasteiger partial charge in [-0.2, -0.15) is 0 Å². The normalized spacial score (nSPS) is 17.6. The van der Waals surface area contributed by atoms with Crippen LogP contribution in [0.5, 0.6) is 0 Å². The molecule has 0 aromatic heterocycles. The Bertz CT molecular complexity index is 331. The molecule has 2 heteroatoms. The Kier molecular flexibility index (Phi) is 3.69. The number of nitrogens with one attached hydrogen (secondary N) is 1. The monoisotopic (exact) mass is 193 g/mol. The van der Waals surface area contributed by atoms with E-state index in [4.69, 9.17) is 0 Å². The van der Waals surface area contributed by atoms with Crippen LogP contribution in [-0.2, 0) is 0 Å². The van der Waals surface area contributed by atoms with E-state index in [1.807, 2.05) is 39.0 Å². The van der Waals surface area contributed by atoms with Crippen LogP contribution in [0.4, 0.5) is 10.1 Å². The summed E-state index contributed by atoms with van der Waals surface area (Å²) in [5.41, 5.74) is 1.54. The van der Waals surface area contributed by atoms with Crippen molar-refractivity contribution in [3.05, 3.63) is 35.7 Å². The zero-order valence-electron chi connectivity index (χ0n) is 8.84. The van der Waals surface area contributed by atoms with Gasteiger partial charge in [0.1, 0.15) is 5.82 Å². The lowest BCUT2D eigenvalue weighted by molar-refractivity contribution is 0.628. The Hall–Kier alpha value is -1.31. The van der Waals surface area contributed by atoms with Crippen molar-refractivity contribution in [2.24, 2.45) is 0 Å². The number of hydrogen-bond donors (Lipinski definition) is 1. The molecule has 0 amide bonds. The molecule has 1 aliphatic heterocycles. The van der Waals surface area contributed by atoms with E-state index in [2.05, 4.69) is 5.32 Å². The third kappa shape index (κ3) is 2.13. The Balaban J connectivity index is 0.000000461. The van der Waals surface area contributed by atoms with Crippen molar-refractivity contribution >= 4 is 11.8 Å². The number of rotatable bonds is 0. The first-order valence-electron chi connectivity index (χ1n) is 5.00. The summed E-state index contributed by atoms with van der Waals surface area (Å²) in [6.45, 7) is 5.99. The van der Waals surface area contributed by atoms with Gasteiger partial charge in [0, 0.05) is 11.6 Å². The van der Waals surface area contributed by atoms with Crippen molar-refractivity contribution in [3.8, 4) is 0 Å². The quantitative estimate of drug-likeness (QED) is 0.662. The largest absolute Gasteiger partial charge is 0.376 e. The average molecular weight is 193 g/mol. The predicted molar refractivity (Wildman–Crippen MR) is 59.9 cm³/mol. The van der Waals surface area contributed by atoms with Crippen molar-refractivity contribution in [2.75, 3.05) is 5.32 Å². The number of anilines is 1. The first-order chi connectivity index (χ1) is 6.77. The predicted octanol–water partition coefficient (Wildman–Crippen LogP) is 3.68.